The van der Waals surface area contributed by atoms with E-state index in [-0.39, 0.29) is 19.5 Å². The van der Waals surface area contributed by atoms with Gasteiger partial charge < -0.3 is 15.0 Å². The van der Waals surface area contributed by atoms with Crippen molar-refractivity contribution >= 4 is 5.97 Å². The minimum absolute atomic E-state index is 0. The van der Waals surface area contributed by atoms with E-state index in [1.165, 1.54) is 37.8 Å². The van der Waals surface area contributed by atoms with Gasteiger partial charge >= 0.3 is 0 Å². The fraction of sp³-hybridized carbons (Fsp3) is 0.312. The molecule has 1 aromatic rings. The topological polar surface area (TPSA) is 60.4 Å². The van der Waals surface area contributed by atoms with Gasteiger partial charge in [-0.3, -0.25) is 0 Å². The van der Waals surface area contributed by atoms with Gasteiger partial charge in [0.15, 0.2) is 0 Å². The number of carbonyl (C=O) groups excluding carboxylic acids is 1. The minimum Gasteiger partial charge on any atom is -0.547 e. The van der Waals surface area contributed by atoms with Gasteiger partial charge in [-0.25, -0.2) is 0 Å². The van der Waals surface area contributed by atoms with E-state index in [9.17, 15) is 9.90 Å². The molecule has 0 unspecified atom stereocenters. The van der Waals surface area contributed by atoms with E-state index in [1.54, 1.807) is 18.2 Å². The number of aliphatic hydroxyl groups excluding tert-OH is 1. The molecule has 0 saturated heterocycles. The predicted molar refractivity (Wildman–Crippen MR) is 73.2 cm³/mol. The zero-order valence-electron chi connectivity index (χ0n) is 11.2. The molecule has 0 bridgehead atoms. The maximum absolute atomic E-state index is 10.1. The summed E-state index contributed by atoms with van der Waals surface area (Å²) < 4.78 is 0. The zero-order valence-corrected chi connectivity index (χ0v) is 12.8. The Kier molecular flexibility index (Phi) is 10.8. The van der Waals surface area contributed by atoms with Crippen LogP contribution in [-0.2, 0) is 24.3 Å². The van der Waals surface area contributed by atoms with Crippen molar-refractivity contribution in [3.63, 3.8) is 0 Å². The van der Waals surface area contributed by atoms with Crippen LogP contribution in [0.1, 0.15) is 37.4 Å². The molecule has 0 fully saturated rings. The quantitative estimate of drug-likeness (QED) is 0.821. The molecular formula is C16H19O3Rh-. The Hall–Kier alpha value is -1.25. The van der Waals surface area contributed by atoms with Crippen molar-refractivity contribution in [1.29, 1.82) is 0 Å². The van der Waals surface area contributed by atoms with Crippen LogP contribution in [0.5, 0.6) is 0 Å². The zero-order chi connectivity index (χ0) is 13.9. The van der Waals surface area contributed by atoms with Crippen molar-refractivity contribution in [3.8, 4) is 0 Å². The Balaban J connectivity index is 0.000000359. The van der Waals surface area contributed by atoms with Gasteiger partial charge in [-0.15, -0.1) is 0 Å². The fourth-order valence-corrected chi connectivity index (χ4v) is 1.65. The minimum atomic E-state index is -1.52. The van der Waals surface area contributed by atoms with Crippen molar-refractivity contribution < 1.29 is 34.5 Å². The van der Waals surface area contributed by atoms with Crippen LogP contribution in [0.3, 0.4) is 0 Å². The van der Waals surface area contributed by atoms with Crippen LogP contribution in [-0.4, -0.2) is 11.1 Å². The van der Waals surface area contributed by atoms with E-state index in [0.717, 1.165) is 0 Å². The summed E-state index contributed by atoms with van der Waals surface area (Å²) in [5.41, 5.74) is 0.340. The molecule has 0 amide bonds. The molecule has 0 aromatic heterocycles. The molecule has 1 atom stereocenters. The molecule has 0 spiro atoms. The molecule has 0 saturated carbocycles. The van der Waals surface area contributed by atoms with Crippen molar-refractivity contribution in [2.75, 3.05) is 0 Å². The van der Waals surface area contributed by atoms with E-state index in [0.29, 0.717) is 5.56 Å². The first-order chi connectivity index (χ1) is 9.22. The van der Waals surface area contributed by atoms with Crippen LogP contribution >= 0.6 is 0 Å². The molecule has 0 heterocycles. The number of aliphatic carboxylic acids is 1. The number of benzene rings is 1. The summed E-state index contributed by atoms with van der Waals surface area (Å²) in [5, 5.41) is 19.1. The third-order valence-corrected chi connectivity index (χ3v) is 2.71. The number of carboxylic acids is 1. The Labute approximate surface area is 132 Å². The van der Waals surface area contributed by atoms with Crippen LogP contribution in [0.2, 0.25) is 0 Å². The Morgan fingerprint density at radius 1 is 1.05 bits per heavy atom. The summed E-state index contributed by atoms with van der Waals surface area (Å²) in [5.74, 6) is -1.48. The number of hydrogen-bond donors (Lipinski definition) is 1. The normalized spacial score (nSPS) is 14.8. The molecule has 1 aliphatic carbocycles. The Morgan fingerprint density at radius 3 is 2.00 bits per heavy atom. The van der Waals surface area contributed by atoms with E-state index < -0.39 is 12.1 Å². The number of rotatable bonds is 2. The molecule has 4 heteroatoms. The fourth-order valence-electron chi connectivity index (χ4n) is 1.65. The number of carboxylic acid groups (broad SMARTS) is 1. The summed E-state index contributed by atoms with van der Waals surface area (Å²) in [6, 6.07) is 8.11. The van der Waals surface area contributed by atoms with Crippen LogP contribution in [0.4, 0.5) is 0 Å². The van der Waals surface area contributed by atoms with E-state index >= 15 is 0 Å². The molecular weight excluding hydrogens is 343 g/mol. The maximum atomic E-state index is 10.1. The second-order valence-corrected chi connectivity index (χ2v) is 4.27. The smallest absolute Gasteiger partial charge is 0.118 e. The maximum Gasteiger partial charge on any atom is 0.118 e. The van der Waals surface area contributed by atoms with Gasteiger partial charge in [0.05, 0.1) is 5.97 Å². The Bertz CT molecular complexity index is 413. The molecule has 3 nitrogen and oxygen atoms in total. The van der Waals surface area contributed by atoms with Gasteiger partial charge in [0.25, 0.3) is 0 Å². The first kappa shape index (κ1) is 18.8. The van der Waals surface area contributed by atoms with Crippen molar-refractivity contribution in [2.24, 2.45) is 0 Å². The summed E-state index contributed by atoms with van der Waals surface area (Å²) >= 11 is 0. The van der Waals surface area contributed by atoms with Gasteiger partial charge in [0, 0.05) is 19.5 Å². The second kappa shape index (κ2) is 11.6. The molecule has 2 rings (SSSR count). The molecule has 1 aromatic carbocycles. The first-order valence-electron chi connectivity index (χ1n) is 6.47. The average molecular weight is 362 g/mol. The summed E-state index contributed by atoms with van der Waals surface area (Å²) in [7, 11) is 0. The van der Waals surface area contributed by atoms with Gasteiger partial charge in [0.1, 0.15) is 6.10 Å². The monoisotopic (exact) mass is 362 g/mol. The van der Waals surface area contributed by atoms with E-state index in [4.69, 9.17) is 5.11 Å². The standard InChI is InChI=1S/C8H8O3.C8H12.Rh/c9-7(8(10)11)6-4-2-1-3-5-6;1-2-4-6-8-7-5-3-1;/h1-5,7,9H,(H,10,11);1-4H,5-8H2;/p-1/t7-;;/m0../s1. The van der Waals surface area contributed by atoms with Crippen molar-refractivity contribution in [2.45, 2.75) is 31.8 Å². The van der Waals surface area contributed by atoms with Gasteiger partial charge in [-0.05, 0) is 31.2 Å². The summed E-state index contributed by atoms with van der Waals surface area (Å²) in [6.45, 7) is 0. The molecule has 0 aliphatic heterocycles. The molecule has 20 heavy (non-hydrogen) atoms. The van der Waals surface area contributed by atoms with Crippen LogP contribution in [0.25, 0.3) is 0 Å². The molecule has 1 radical (unpaired) electrons. The van der Waals surface area contributed by atoms with Crippen LogP contribution in [0, 0.1) is 0 Å². The van der Waals surface area contributed by atoms with Crippen LogP contribution < -0.4 is 5.11 Å². The summed E-state index contributed by atoms with van der Waals surface area (Å²) in [4.78, 5) is 10.1. The number of allylic oxidation sites excluding steroid dienone is 4. The van der Waals surface area contributed by atoms with Gasteiger partial charge in [-0.2, -0.15) is 0 Å². The van der Waals surface area contributed by atoms with Gasteiger partial charge in [-0.1, -0.05) is 54.6 Å². The Morgan fingerprint density at radius 2 is 1.55 bits per heavy atom. The summed E-state index contributed by atoms with van der Waals surface area (Å²) in [6.07, 6.45) is 12.5. The molecule has 1 aliphatic rings. The molecule has 111 valence electrons. The largest absolute Gasteiger partial charge is 0.547 e. The molecule has 1 N–H and O–H groups in total. The number of hydrogen-bond acceptors (Lipinski definition) is 3. The number of aliphatic hydroxyl groups is 1. The van der Waals surface area contributed by atoms with Gasteiger partial charge in [0.2, 0.25) is 0 Å². The first-order valence-corrected chi connectivity index (χ1v) is 6.47. The van der Waals surface area contributed by atoms with E-state index in [2.05, 4.69) is 24.3 Å². The SMILES string of the molecule is C1=CCCCCC=C1.O=C([O-])[C@@H](O)c1ccccc1.[Rh]. The van der Waals surface area contributed by atoms with Crippen molar-refractivity contribution in [3.05, 3.63) is 60.2 Å². The second-order valence-electron chi connectivity index (χ2n) is 4.27. The van der Waals surface area contributed by atoms with E-state index in [1.807, 2.05) is 0 Å². The third kappa shape index (κ3) is 8.03. The average Bonchev–Trinajstić information content (AvgIpc) is 2.38. The van der Waals surface area contributed by atoms with Crippen LogP contribution in [0.15, 0.2) is 54.6 Å². The van der Waals surface area contributed by atoms with Crippen molar-refractivity contribution in [1.82, 2.24) is 0 Å². The number of carbonyl (C=O) groups is 1. The predicted octanol–water partition coefficient (Wildman–Crippen LogP) is 2.14. The third-order valence-electron chi connectivity index (χ3n) is 2.71.